The Morgan fingerprint density at radius 3 is 2.68 bits per heavy atom. The SMILES string of the molecule is Cc1cc(Br)c(F)cc1NS(=O)(=O)CCCC(=O)O. The molecule has 0 radical (unpaired) electrons. The number of aliphatic carboxylic acids is 1. The van der Waals surface area contributed by atoms with E-state index in [2.05, 4.69) is 20.7 Å². The summed E-state index contributed by atoms with van der Waals surface area (Å²) in [5, 5.41) is 8.44. The van der Waals surface area contributed by atoms with E-state index in [1.165, 1.54) is 6.07 Å². The molecule has 0 aliphatic heterocycles. The quantitative estimate of drug-likeness (QED) is 0.822. The van der Waals surface area contributed by atoms with Gasteiger partial charge in [0, 0.05) is 6.42 Å². The van der Waals surface area contributed by atoms with Crippen LogP contribution < -0.4 is 4.72 Å². The molecule has 5 nitrogen and oxygen atoms in total. The van der Waals surface area contributed by atoms with Gasteiger partial charge in [0.25, 0.3) is 0 Å². The van der Waals surface area contributed by atoms with E-state index >= 15 is 0 Å². The summed E-state index contributed by atoms with van der Waals surface area (Å²) < 4.78 is 39.2. The van der Waals surface area contributed by atoms with Crippen molar-refractivity contribution < 1.29 is 22.7 Å². The summed E-state index contributed by atoms with van der Waals surface area (Å²) >= 11 is 3.00. The van der Waals surface area contributed by atoms with Gasteiger partial charge in [-0.1, -0.05) is 0 Å². The van der Waals surface area contributed by atoms with Crippen LogP contribution in [0, 0.1) is 12.7 Å². The number of carbonyl (C=O) groups is 1. The van der Waals surface area contributed by atoms with Crippen LogP contribution in [0.25, 0.3) is 0 Å². The molecule has 0 amide bonds. The average molecular weight is 354 g/mol. The van der Waals surface area contributed by atoms with Gasteiger partial charge < -0.3 is 5.11 Å². The van der Waals surface area contributed by atoms with Crippen molar-refractivity contribution in [2.75, 3.05) is 10.5 Å². The third kappa shape index (κ3) is 5.15. The number of carboxylic acids is 1. The maximum absolute atomic E-state index is 13.3. The van der Waals surface area contributed by atoms with Gasteiger partial charge in [0.05, 0.1) is 15.9 Å². The molecule has 19 heavy (non-hydrogen) atoms. The van der Waals surface area contributed by atoms with E-state index in [1.54, 1.807) is 6.92 Å². The van der Waals surface area contributed by atoms with Crippen LogP contribution in [-0.2, 0) is 14.8 Å². The predicted molar refractivity (Wildman–Crippen MR) is 73.1 cm³/mol. The van der Waals surface area contributed by atoms with Crippen molar-refractivity contribution in [3.8, 4) is 0 Å². The Balaban J connectivity index is 2.78. The van der Waals surface area contributed by atoms with E-state index in [9.17, 15) is 17.6 Å². The number of benzene rings is 1. The normalized spacial score (nSPS) is 11.3. The zero-order valence-electron chi connectivity index (χ0n) is 10.1. The predicted octanol–water partition coefficient (Wildman–Crippen LogP) is 2.50. The molecule has 106 valence electrons. The first kappa shape index (κ1) is 15.9. The number of hydrogen-bond donors (Lipinski definition) is 2. The van der Waals surface area contributed by atoms with Gasteiger partial charge >= 0.3 is 5.97 Å². The van der Waals surface area contributed by atoms with Crippen molar-refractivity contribution in [3.63, 3.8) is 0 Å². The minimum Gasteiger partial charge on any atom is -0.481 e. The van der Waals surface area contributed by atoms with E-state index < -0.39 is 21.8 Å². The summed E-state index contributed by atoms with van der Waals surface area (Å²) in [7, 11) is -3.68. The largest absolute Gasteiger partial charge is 0.481 e. The lowest BCUT2D eigenvalue weighted by molar-refractivity contribution is -0.137. The second kappa shape index (κ2) is 6.33. The molecule has 0 fully saturated rings. The van der Waals surface area contributed by atoms with E-state index in [-0.39, 0.29) is 28.8 Å². The first-order valence-electron chi connectivity index (χ1n) is 5.39. The third-order valence-corrected chi connectivity index (χ3v) is 4.30. The molecule has 1 aromatic carbocycles. The summed E-state index contributed by atoms with van der Waals surface area (Å²) in [6, 6.07) is 2.54. The number of halogens is 2. The molecule has 2 N–H and O–H groups in total. The van der Waals surface area contributed by atoms with Gasteiger partial charge in [-0.3, -0.25) is 9.52 Å². The van der Waals surface area contributed by atoms with Crippen LogP contribution in [0.3, 0.4) is 0 Å². The molecule has 0 saturated carbocycles. The van der Waals surface area contributed by atoms with Crippen molar-refractivity contribution in [1.82, 2.24) is 0 Å². The molecule has 8 heteroatoms. The van der Waals surface area contributed by atoms with E-state index in [0.717, 1.165) is 6.07 Å². The second-order valence-corrected chi connectivity index (χ2v) is 6.70. The fourth-order valence-electron chi connectivity index (χ4n) is 1.39. The highest BCUT2D eigenvalue weighted by molar-refractivity contribution is 9.10. The standard InChI is InChI=1S/C11H13BrFNO4S/c1-7-5-8(12)9(13)6-10(7)14-19(17,18)4-2-3-11(15)16/h5-6,14H,2-4H2,1H3,(H,15,16). The molecule has 0 saturated heterocycles. The molecular weight excluding hydrogens is 341 g/mol. The van der Waals surface area contributed by atoms with E-state index in [0.29, 0.717) is 5.56 Å². The Bertz CT molecular complexity index is 589. The Kier molecular flexibility index (Phi) is 5.30. The van der Waals surface area contributed by atoms with Crippen molar-refractivity contribution in [1.29, 1.82) is 0 Å². The number of sulfonamides is 1. The molecule has 0 atom stereocenters. The molecule has 1 aromatic rings. The number of hydrogen-bond acceptors (Lipinski definition) is 3. The number of carboxylic acid groups (broad SMARTS) is 1. The van der Waals surface area contributed by atoms with Crippen LogP contribution in [0.2, 0.25) is 0 Å². The lowest BCUT2D eigenvalue weighted by Gasteiger charge is -2.11. The van der Waals surface area contributed by atoms with Crippen LogP contribution in [-0.4, -0.2) is 25.2 Å². The van der Waals surface area contributed by atoms with Crippen LogP contribution in [0.4, 0.5) is 10.1 Å². The second-order valence-electron chi connectivity index (χ2n) is 4.00. The molecule has 0 bridgehead atoms. The highest BCUT2D eigenvalue weighted by Crippen LogP contribution is 2.24. The zero-order chi connectivity index (χ0) is 14.6. The Hall–Kier alpha value is -1.15. The Labute approximate surface area is 119 Å². The molecule has 0 aromatic heterocycles. The molecule has 1 rings (SSSR count). The van der Waals surface area contributed by atoms with Gasteiger partial charge in [0.2, 0.25) is 10.0 Å². The van der Waals surface area contributed by atoms with Gasteiger partial charge in [-0.15, -0.1) is 0 Å². The van der Waals surface area contributed by atoms with Gasteiger partial charge in [-0.2, -0.15) is 0 Å². The van der Waals surface area contributed by atoms with E-state index in [4.69, 9.17) is 5.11 Å². The minimum atomic E-state index is -3.68. The first-order chi connectivity index (χ1) is 8.71. The number of nitrogens with one attached hydrogen (secondary N) is 1. The van der Waals surface area contributed by atoms with E-state index in [1.807, 2.05) is 0 Å². The topological polar surface area (TPSA) is 83.5 Å². The fourth-order valence-corrected chi connectivity index (χ4v) is 3.03. The lowest BCUT2D eigenvalue weighted by Crippen LogP contribution is -2.18. The maximum Gasteiger partial charge on any atom is 0.303 e. The Morgan fingerprint density at radius 2 is 2.11 bits per heavy atom. The van der Waals surface area contributed by atoms with Gasteiger partial charge in [-0.05, 0) is 47.0 Å². The number of aryl methyl sites for hydroxylation is 1. The van der Waals surface area contributed by atoms with Crippen LogP contribution in [0.5, 0.6) is 0 Å². The summed E-state index contributed by atoms with van der Waals surface area (Å²) in [5.41, 5.74) is 0.714. The fraction of sp³-hybridized carbons (Fsp3) is 0.364. The smallest absolute Gasteiger partial charge is 0.303 e. The summed E-state index contributed by atoms with van der Waals surface area (Å²) in [6.07, 6.45) is -0.225. The summed E-state index contributed by atoms with van der Waals surface area (Å²) in [6.45, 7) is 1.64. The molecule has 0 spiro atoms. The zero-order valence-corrected chi connectivity index (χ0v) is 12.5. The summed E-state index contributed by atoms with van der Waals surface area (Å²) in [4.78, 5) is 10.3. The molecule has 0 aliphatic rings. The molecule has 0 aliphatic carbocycles. The first-order valence-corrected chi connectivity index (χ1v) is 7.84. The van der Waals surface area contributed by atoms with Gasteiger partial charge in [0.1, 0.15) is 5.82 Å². The van der Waals surface area contributed by atoms with Crippen molar-refractivity contribution in [2.45, 2.75) is 19.8 Å². The van der Waals surface area contributed by atoms with Gasteiger partial charge in [0.15, 0.2) is 0 Å². The molecular formula is C11H13BrFNO4S. The minimum absolute atomic E-state index is 0.00270. The van der Waals surface area contributed by atoms with Crippen LogP contribution in [0.15, 0.2) is 16.6 Å². The number of rotatable bonds is 6. The lowest BCUT2D eigenvalue weighted by atomic mass is 10.2. The highest BCUT2D eigenvalue weighted by atomic mass is 79.9. The Morgan fingerprint density at radius 1 is 1.47 bits per heavy atom. The van der Waals surface area contributed by atoms with Crippen LogP contribution >= 0.6 is 15.9 Å². The van der Waals surface area contributed by atoms with Crippen molar-refractivity contribution in [2.24, 2.45) is 0 Å². The highest BCUT2D eigenvalue weighted by Gasteiger charge is 2.14. The average Bonchev–Trinajstić information content (AvgIpc) is 2.24. The van der Waals surface area contributed by atoms with Crippen molar-refractivity contribution >= 4 is 37.6 Å². The van der Waals surface area contributed by atoms with Crippen LogP contribution in [0.1, 0.15) is 18.4 Å². The van der Waals surface area contributed by atoms with Gasteiger partial charge in [-0.25, -0.2) is 12.8 Å². The molecule has 0 unspecified atom stereocenters. The molecule has 0 heterocycles. The summed E-state index contributed by atoms with van der Waals surface area (Å²) in [5.74, 6) is -1.95. The monoisotopic (exact) mass is 353 g/mol. The maximum atomic E-state index is 13.3. The van der Waals surface area contributed by atoms with Crippen molar-refractivity contribution in [3.05, 3.63) is 28.0 Å². The number of anilines is 1. The third-order valence-electron chi connectivity index (χ3n) is 2.34.